The summed E-state index contributed by atoms with van der Waals surface area (Å²) >= 11 is 0. The van der Waals surface area contributed by atoms with E-state index in [-0.39, 0.29) is 24.0 Å². The van der Waals surface area contributed by atoms with Crippen LogP contribution >= 0.6 is 0 Å². The summed E-state index contributed by atoms with van der Waals surface area (Å²) in [5, 5.41) is 3.99. The largest absolute Gasteiger partial charge is 0.326 e. The Hall–Kier alpha value is -1.62. The van der Waals surface area contributed by atoms with E-state index in [9.17, 15) is 13.2 Å². The molecule has 1 aromatic rings. The Morgan fingerprint density at radius 1 is 1.32 bits per heavy atom. The van der Waals surface area contributed by atoms with E-state index < -0.39 is 9.84 Å². The quantitative estimate of drug-likeness (QED) is 0.922. The molecule has 0 radical (unpaired) electrons. The normalized spacial score (nSPS) is 20.4. The summed E-state index contributed by atoms with van der Waals surface area (Å²) in [5.41, 5.74) is 3.03. The lowest BCUT2D eigenvalue weighted by molar-refractivity contribution is -0.116. The first kappa shape index (κ1) is 13.8. The number of nitrogens with one attached hydrogen (secondary N) is 1. The Morgan fingerprint density at radius 3 is 2.63 bits per heavy atom. The van der Waals surface area contributed by atoms with Gasteiger partial charge in [0.25, 0.3) is 0 Å². The van der Waals surface area contributed by atoms with Gasteiger partial charge in [0.05, 0.1) is 5.75 Å². The number of carbonyl (C=O) groups is 1. The van der Waals surface area contributed by atoms with Gasteiger partial charge in [-0.1, -0.05) is 12.1 Å². The summed E-state index contributed by atoms with van der Waals surface area (Å²) in [7, 11) is -3.09. The lowest BCUT2D eigenvalue weighted by Crippen LogP contribution is -2.17. The maximum Gasteiger partial charge on any atom is 0.224 e. The predicted octanol–water partition coefficient (Wildman–Crippen LogP) is 2.19. The van der Waals surface area contributed by atoms with Gasteiger partial charge in [0.15, 0.2) is 9.84 Å². The van der Waals surface area contributed by atoms with Gasteiger partial charge in [0.1, 0.15) is 0 Å². The van der Waals surface area contributed by atoms with Crippen LogP contribution in [0.2, 0.25) is 0 Å². The molecule has 1 amide bonds. The lowest BCUT2D eigenvalue weighted by Gasteiger charge is -2.09. The van der Waals surface area contributed by atoms with Crippen LogP contribution in [0.5, 0.6) is 0 Å². The number of benzene rings is 1. The van der Waals surface area contributed by atoms with E-state index in [1.54, 1.807) is 6.08 Å². The maximum absolute atomic E-state index is 11.8. The zero-order chi connectivity index (χ0) is 14.0. The van der Waals surface area contributed by atoms with Gasteiger partial charge in [-0.25, -0.2) is 8.42 Å². The summed E-state index contributed by atoms with van der Waals surface area (Å²) in [6.07, 6.45) is 1.79. The van der Waals surface area contributed by atoms with Gasteiger partial charge in [-0.3, -0.25) is 4.79 Å². The Kier molecular flexibility index (Phi) is 3.75. The van der Waals surface area contributed by atoms with E-state index in [4.69, 9.17) is 0 Å². The Bertz CT molecular complexity index is 632. The number of carbonyl (C=O) groups excluding carboxylic acids is 1. The molecule has 5 heteroatoms. The molecule has 1 heterocycles. The van der Waals surface area contributed by atoms with Crippen LogP contribution in [0.4, 0.5) is 5.69 Å². The third-order valence-corrected chi connectivity index (χ3v) is 4.71. The molecule has 0 aliphatic carbocycles. The second-order valence-corrected chi connectivity index (χ2v) is 6.90. The number of sulfone groups is 1. The molecular formula is C14H17NO3S. The number of allylic oxidation sites excluding steroid dienone is 1. The first-order valence-electron chi connectivity index (χ1n) is 6.14. The van der Waals surface area contributed by atoms with Crippen LogP contribution in [0, 0.1) is 19.8 Å². The van der Waals surface area contributed by atoms with Crippen LogP contribution < -0.4 is 5.32 Å². The molecule has 0 spiro atoms. The van der Waals surface area contributed by atoms with Gasteiger partial charge in [0, 0.05) is 23.4 Å². The molecule has 1 unspecified atom stereocenters. The smallest absolute Gasteiger partial charge is 0.224 e. The van der Waals surface area contributed by atoms with Crippen LogP contribution in [0.15, 0.2) is 29.7 Å². The standard InChI is InChI=1S/C14H17NO3S/c1-10-3-4-13(7-11(10)2)15-14(16)8-12-5-6-19(17,18)9-12/h3-7,12H,8-9H2,1-2H3,(H,15,16). The minimum Gasteiger partial charge on any atom is -0.326 e. The molecule has 1 aliphatic rings. The molecule has 2 rings (SSSR count). The van der Waals surface area contributed by atoms with Crippen molar-refractivity contribution in [2.45, 2.75) is 20.3 Å². The number of hydrogen-bond acceptors (Lipinski definition) is 3. The molecule has 0 aromatic heterocycles. The van der Waals surface area contributed by atoms with Gasteiger partial charge in [0.2, 0.25) is 5.91 Å². The highest BCUT2D eigenvalue weighted by Crippen LogP contribution is 2.20. The molecule has 1 atom stereocenters. The zero-order valence-electron chi connectivity index (χ0n) is 11.0. The first-order valence-corrected chi connectivity index (χ1v) is 7.85. The fraction of sp³-hybridized carbons (Fsp3) is 0.357. The molecule has 0 saturated carbocycles. The van der Waals surface area contributed by atoms with Gasteiger partial charge < -0.3 is 5.32 Å². The summed E-state index contributed by atoms with van der Waals surface area (Å²) < 4.78 is 22.5. The van der Waals surface area contributed by atoms with E-state index in [1.807, 2.05) is 32.0 Å². The summed E-state index contributed by atoms with van der Waals surface area (Å²) in [6.45, 7) is 3.99. The average molecular weight is 279 g/mol. The molecule has 0 bridgehead atoms. The summed E-state index contributed by atoms with van der Waals surface area (Å²) in [4.78, 5) is 11.8. The fourth-order valence-electron chi connectivity index (χ4n) is 2.04. The van der Waals surface area contributed by atoms with E-state index in [0.717, 1.165) is 11.3 Å². The van der Waals surface area contributed by atoms with Crippen molar-refractivity contribution in [1.29, 1.82) is 0 Å². The summed E-state index contributed by atoms with van der Waals surface area (Å²) in [6, 6.07) is 5.71. The van der Waals surface area contributed by atoms with Crippen LogP contribution in [0.1, 0.15) is 17.5 Å². The van der Waals surface area contributed by atoms with Gasteiger partial charge in [-0.05, 0) is 37.1 Å². The van der Waals surface area contributed by atoms with E-state index in [1.165, 1.54) is 11.0 Å². The van der Waals surface area contributed by atoms with E-state index in [0.29, 0.717) is 0 Å². The minimum atomic E-state index is -3.09. The molecule has 19 heavy (non-hydrogen) atoms. The number of aryl methyl sites for hydroxylation is 2. The molecule has 1 aromatic carbocycles. The highest BCUT2D eigenvalue weighted by Gasteiger charge is 2.23. The lowest BCUT2D eigenvalue weighted by atomic mass is 10.1. The molecule has 0 saturated heterocycles. The minimum absolute atomic E-state index is 0.0351. The van der Waals surface area contributed by atoms with Crippen molar-refractivity contribution in [2.24, 2.45) is 5.92 Å². The second-order valence-electron chi connectivity index (χ2n) is 4.97. The SMILES string of the molecule is Cc1ccc(NC(=O)CC2C=CS(=O)(=O)C2)cc1C. The Labute approximate surface area is 113 Å². The van der Waals surface area contributed by atoms with Gasteiger partial charge >= 0.3 is 0 Å². The van der Waals surface area contributed by atoms with Crippen LogP contribution in [0.25, 0.3) is 0 Å². The first-order chi connectivity index (χ1) is 8.85. The topological polar surface area (TPSA) is 63.2 Å². The molecule has 102 valence electrons. The van der Waals surface area contributed by atoms with Crippen molar-refractivity contribution in [1.82, 2.24) is 0 Å². The van der Waals surface area contributed by atoms with Crippen molar-refractivity contribution >= 4 is 21.4 Å². The van der Waals surface area contributed by atoms with Crippen molar-refractivity contribution in [3.8, 4) is 0 Å². The highest BCUT2D eigenvalue weighted by molar-refractivity contribution is 7.94. The predicted molar refractivity (Wildman–Crippen MR) is 75.6 cm³/mol. The highest BCUT2D eigenvalue weighted by atomic mass is 32.2. The van der Waals surface area contributed by atoms with Crippen molar-refractivity contribution in [2.75, 3.05) is 11.1 Å². The third-order valence-electron chi connectivity index (χ3n) is 3.24. The molecule has 1 aliphatic heterocycles. The Morgan fingerprint density at radius 2 is 2.05 bits per heavy atom. The van der Waals surface area contributed by atoms with E-state index in [2.05, 4.69) is 5.32 Å². The maximum atomic E-state index is 11.8. The van der Waals surface area contributed by atoms with Gasteiger partial charge in [-0.2, -0.15) is 0 Å². The fourth-order valence-corrected chi connectivity index (χ4v) is 3.44. The van der Waals surface area contributed by atoms with Crippen molar-refractivity contribution in [3.05, 3.63) is 40.8 Å². The zero-order valence-corrected chi connectivity index (χ0v) is 11.8. The Balaban J connectivity index is 1.95. The number of amides is 1. The van der Waals surface area contributed by atoms with Crippen LogP contribution in [-0.2, 0) is 14.6 Å². The number of anilines is 1. The molecular weight excluding hydrogens is 262 g/mol. The number of rotatable bonds is 3. The molecule has 4 nitrogen and oxygen atoms in total. The molecule has 1 N–H and O–H groups in total. The average Bonchev–Trinajstić information content (AvgIpc) is 2.63. The van der Waals surface area contributed by atoms with Gasteiger partial charge in [-0.15, -0.1) is 0 Å². The number of hydrogen-bond donors (Lipinski definition) is 1. The van der Waals surface area contributed by atoms with E-state index >= 15 is 0 Å². The molecule has 0 fully saturated rings. The third kappa shape index (κ3) is 3.67. The van der Waals surface area contributed by atoms with Crippen LogP contribution in [0.3, 0.4) is 0 Å². The second kappa shape index (κ2) is 5.17. The van der Waals surface area contributed by atoms with Crippen molar-refractivity contribution in [3.63, 3.8) is 0 Å². The monoisotopic (exact) mass is 279 g/mol. The summed E-state index contributed by atoms with van der Waals surface area (Å²) in [5.74, 6) is -0.334. The van der Waals surface area contributed by atoms with Crippen LogP contribution in [-0.4, -0.2) is 20.1 Å². The van der Waals surface area contributed by atoms with Crippen molar-refractivity contribution < 1.29 is 13.2 Å².